The molecule has 0 unspecified atom stereocenters. The van der Waals surface area contributed by atoms with Crippen LogP contribution in [0.2, 0.25) is 5.15 Å². The van der Waals surface area contributed by atoms with Gasteiger partial charge in [0.15, 0.2) is 5.65 Å². The van der Waals surface area contributed by atoms with Gasteiger partial charge in [-0.25, -0.2) is 14.6 Å². The normalized spacial score (nSPS) is 35.9. The van der Waals surface area contributed by atoms with Crippen LogP contribution in [0, 0.1) is 5.41 Å². The second-order valence-electron chi connectivity index (χ2n) is 5.52. The van der Waals surface area contributed by atoms with Crippen LogP contribution in [-0.4, -0.2) is 19.7 Å². The Balaban J connectivity index is 1.91. The Bertz CT molecular complexity index is 583. The Kier molecular flexibility index (Phi) is 1.34. The maximum atomic E-state index is 6.02. The van der Waals surface area contributed by atoms with Crippen molar-refractivity contribution in [1.29, 1.82) is 0 Å². The Hall–Kier alpha value is -1.16. The van der Waals surface area contributed by atoms with Gasteiger partial charge in [-0.1, -0.05) is 18.5 Å². The average Bonchev–Trinajstić information content (AvgIpc) is 2.57. The molecule has 2 bridgehead atoms. The van der Waals surface area contributed by atoms with Gasteiger partial charge in [-0.05, 0) is 24.7 Å². The van der Waals surface area contributed by atoms with E-state index in [1.807, 2.05) is 0 Å². The van der Waals surface area contributed by atoms with Crippen LogP contribution in [0.1, 0.15) is 26.2 Å². The highest BCUT2D eigenvalue weighted by Crippen LogP contribution is 2.71. The molecule has 0 atom stereocenters. The Morgan fingerprint density at radius 1 is 1.31 bits per heavy atom. The third-order valence-corrected chi connectivity index (χ3v) is 4.34. The van der Waals surface area contributed by atoms with E-state index in [1.165, 1.54) is 25.6 Å². The van der Waals surface area contributed by atoms with E-state index in [1.54, 1.807) is 6.20 Å². The van der Waals surface area contributed by atoms with E-state index in [9.17, 15) is 0 Å². The van der Waals surface area contributed by atoms with Crippen molar-refractivity contribution in [2.75, 3.05) is 0 Å². The second-order valence-corrected chi connectivity index (χ2v) is 5.88. The van der Waals surface area contributed by atoms with Gasteiger partial charge in [-0.3, -0.25) is 0 Å². The van der Waals surface area contributed by atoms with E-state index in [-0.39, 0.29) is 5.54 Å². The molecule has 4 nitrogen and oxygen atoms in total. The zero-order chi connectivity index (χ0) is 11.0. The first-order chi connectivity index (χ1) is 7.62. The molecule has 3 aliphatic rings. The van der Waals surface area contributed by atoms with Gasteiger partial charge in [-0.15, -0.1) is 0 Å². The minimum absolute atomic E-state index is 0.230. The van der Waals surface area contributed by atoms with Crippen molar-refractivity contribution in [2.45, 2.75) is 31.7 Å². The largest absolute Gasteiger partial charge is 0.241 e. The van der Waals surface area contributed by atoms with Crippen molar-refractivity contribution >= 4 is 22.6 Å². The predicted octanol–water partition coefficient (Wildman–Crippen LogP) is 2.38. The van der Waals surface area contributed by atoms with Crippen LogP contribution in [0.15, 0.2) is 12.5 Å². The second kappa shape index (κ2) is 2.40. The summed E-state index contributed by atoms with van der Waals surface area (Å²) in [6.07, 6.45) is 6.95. The van der Waals surface area contributed by atoms with Gasteiger partial charge in [0.2, 0.25) is 0 Å². The third kappa shape index (κ3) is 0.857. The molecule has 16 heavy (non-hydrogen) atoms. The van der Waals surface area contributed by atoms with Gasteiger partial charge in [0, 0.05) is 0 Å². The first kappa shape index (κ1) is 8.93. The van der Waals surface area contributed by atoms with Crippen molar-refractivity contribution in [3.63, 3.8) is 0 Å². The zero-order valence-electron chi connectivity index (χ0n) is 8.94. The molecule has 2 aromatic rings. The van der Waals surface area contributed by atoms with Crippen LogP contribution in [-0.2, 0) is 5.54 Å². The van der Waals surface area contributed by atoms with Crippen molar-refractivity contribution in [1.82, 2.24) is 19.7 Å². The fourth-order valence-electron chi connectivity index (χ4n) is 3.62. The standard InChI is InChI=1S/C11H11ClN4/c1-10-3-11(4-10,5-10)16-9-7(2-15-16)8(12)13-6-14-9/h2,6H,3-5H2,1H3. The van der Waals surface area contributed by atoms with Crippen molar-refractivity contribution in [2.24, 2.45) is 5.41 Å². The Morgan fingerprint density at radius 2 is 2.06 bits per heavy atom. The van der Waals surface area contributed by atoms with Gasteiger partial charge in [0.25, 0.3) is 0 Å². The van der Waals surface area contributed by atoms with E-state index >= 15 is 0 Å². The topological polar surface area (TPSA) is 43.6 Å². The zero-order valence-corrected chi connectivity index (χ0v) is 9.70. The van der Waals surface area contributed by atoms with Crippen LogP contribution in [0.25, 0.3) is 11.0 Å². The number of halogens is 1. The summed E-state index contributed by atoms with van der Waals surface area (Å²) in [6.45, 7) is 2.34. The molecule has 3 fully saturated rings. The minimum atomic E-state index is 0.230. The van der Waals surface area contributed by atoms with Crippen molar-refractivity contribution in [3.05, 3.63) is 17.7 Å². The van der Waals surface area contributed by atoms with Crippen molar-refractivity contribution < 1.29 is 0 Å². The summed E-state index contributed by atoms with van der Waals surface area (Å²) in [5.74, 6) is 0. The summed E-state index contributed by atoms with van der Waals surface area (Å²) in [5.41, 5.74) is 1.67. The molecule has 2 heterocycles. The fraction of sp³-hybridized carbons (Fsp3) is 0.545. The molecule has 82 valence electrons. The molecule has 0 saturated heterocycles. The average molecular weight is 235 g/mol. The van der Waals surface area contributed by atoms with Gasteiger partial charge in [0.1, 0.15) is 11.5 Å². The molecular formula is C11H11ClN4. The Labute approximate surface area is 97.6 Å². The molecule has 0 aromatic carbocycles. The minimum Gasteiger partial charge on any atom is -0.241 e. The highest BCUT2D eigenvalue weighted by atomic mass is 35.5. The molecule has 3 saturated carbocycles. The van der Waals surface area contributed by atoms with Crippen molar-refractivity contribution in [3.8, 4) is 0 Å². The van der Waals surface area contributed by atoms with Gasteiger partial charge < -0.3 is 0 Å². The first-order valence-corrected chi connectivity index (χ1v) is 5.85. The number of hydrogen-bond acceptors (Lipinski definition) is 3. The molecule has 0 aliphatic heterocycles. The smallest absolute Gasteiger partial charge is 0.163 e. The lowest BCUT2D eigenvalue weighted by molar-refractivity contribution is -0.178. The molecule has 5 rings (SSSR count). The SMILES string of the molecule is CC12CC(n3ncc4c(Cl)ncnc43)(C1)C2. The van der Waals surface area contributed by atoms with Crippen LogP contribution >= 0.6 is 11.6 Å². The van der Waals surface area contributed by atoms with Gasteiger partial charge >= 0.3 is 0 Å². The summed E-state index contributed by atoms with van der Waals surface area (Å²) < 4.78 is 2.06. The van der Waals surface area contributed by atoms with E-state index in [0.29, 0.717) is 10.6 Å². The van der Waals surface area contributed by atoms with E-state index in [0.717, 1.165) is 11.0 Å². The van der Waals surface area contributed by atoms with Crippen LogP contribution in [0.4, 0.5) is 0 Å². The molecule has 2 aromatic heterocycles. The molecule has 0 N–H and O–H groups in total. The maximum Gasteiger partial charge on any atom is 0.163 e. The summed E-state index contributed by atoms with van der Waals surface area (Å²) in [4.78, 5) is 8.28. The molecule has 0 amide bonds. The molecule has 0 radical (unpaired) electrons. The first-order valence-electron chi connectivity index (χ1n) is 5.47. The van der Waals surface area contributed by atoms with Crippen LogP contribution in [0.3, 0.4) is 0 Å². The van der Waals surface area contributed by atoms with Crippen LogP contribution < -0.4 is 0 Å². The van der Waals surface area contributed by atoms with Crippen LogP contribution in [0.5, 0.6) is 0 Å². The van der Waals surface area contributed by atoms with E-state index < -0.39 is 0 Å². The fourth-order valence-corrected chi connectivity index (χ4v) is 3.79. The predicted molar refractivity (Wildman–Crippen MR) is 60.3 cm³/mol. The maximum absolute atomic E-state index is 6.02. The number of rotatable bonds is 1. The number of aromatic nitrogens is 4. The highest BCUT2D eigenvalue weighted by molar-refractivity contribution is 6.33. The van der Waals surface area contributed by atoms with Gasteiger partial charge in [0.05, 0.1) is 17.1 Å². The molecule has 5 heteroatoms. The highest BCUT2D eigenvalue weighted by Gasteiger charge is 2.67. The van der Waals surface area contributed by atoms with E-state index in [4.69, 9.17) is 11.6 Å². The summed E-state index contributed by atoms with van der Waals surface area (Å²) in [5, 5.41) is 5.80. The Morgan fingerprint density at radius 3 is 2.75 bits per heavy atom. The lowest BCUT2D eigenvalue weighted by Gasteiger charge is -2.69. The quantitative estimate of drug-likeness (QED) is 0.712. The summed E-state index contributed by atoms with van der Waals surface area (Å²) >= 11 is 6.02. The molecular weight excluding hydrogens is 224 g/mol. The van der Waals surface area contributed by atoms with E-state index in [2.05, 4.69) is 26.7 Å². The number of fused-ring (bicyclic) bond motifs is 1. The third-order valence-electron chi connectivity index (χ3n) is 4.03. The number of hydrogen-bond donors (Lipinski definition) is 0. The lowest BCUT2D eigenvalue weighted by atomic mass is 9.40. The summed E-state index contributed by atoms with van der Waals surface area (Å²) in [6, 6.07) is 0. The van der Waals surface area contributed by atoms with Gasteiger partial charge in [-0.2, -0.15) is 5.10 Å². The monoisotopic (exact) mass is 234 g/mol. The molecule has 3 aliphatic carbocycles. The molecule has 0 spiro atoms. The lowest BCUT2D eigenvalue weighted by Crippen LogP contribution is -2.66. The summed E-state index contributed by atoms with van der Waals surface area (Å²) in [7, 11) is 0. The number of nitrogens with zero attached hydrogens (tertiary/aromatic N) is 4.